The monoisotopic (exact) mass is 378 g/mol. The topological polar surface area (TPSA) is 79.7 Å². The molecule has 0 fully saturated rings. The SMILES string of the molecule is Cc1cnc(N(CC(=O)O)C(=O)OCc2ccccc2)c(Br)c1. The second-order valence-corrected chi connectivity index (χ2v) is 5.69. The van der Waals surface area contributed by atoms with Crippen LogP contribution < -0.4 is 4.90 Å². The van der Waals surface area contributed by atoms with Gasteiger partial charge in [0.2, 0.25) is 0 Å². The van der Waals surface area contributed by atoms with Crippen LogP contribution in [-0.2, 0) is 16.1 Å². The van der Waals surface area contributed by atoms with Crippen molar-refractivity contribution in [3.8, 4) is 0 Å². The first kappa shape index (κ1) is 17.0. The fraction of sp³-hybridized carbons (Fsp3) is 0.188. The molecule has 0 aliphatic rings. The molecule has 0 atom stereocenters. The zero-order valence-corrected chi connectivity index (χ0v) is 14.0. The maximum atomic E-state index is 12.3. The van der Waals surface area contributed by atoms with Gasteiger partial charge in [-0.3, -0.25) is 4.79 Å². The maximum absolute atomic E-state index is 12.3. The van der Waals surface area contributed by atoms with Crippen molar-refractivity contribution in [1.82, 2.24) is 4.98 Å². The van der Waals surface area contributed by atoms with Crippen molar-refractivity contribution in [1.29, 1.82) is 0 Å². The molecule has 7 heteroatoms. The molecule has 0 spiro atoms. The highest BCUT2D eigenvalue weighted by molar-refractivity contribution is 9.10. The number of ether oxygens (including phenoxy) is 1. The molecule has 0 unspecified atom stereocenters. The van der Waals surface area contributed by atoms with E-state index in [0.29, 0.717) is 4.47 Å². The molecular formula is C16H15BrN2O4. The molecule has 1 N–H and O–H groups in total. The molecule has 1 amide bonds. The molecule has 6 nitrogen and oxygen atoms in total. The van der Waals surface area contributed by atoms with Crippen molar-refractivity contribution in [3.63, 3.8) is 0 Å². The van der Waals surface area contributed by atoms with Gasteiger partial charge >= 0.3 is 12.1 Å². The molecule has 2 aromatic rings. The summed E-state index contributed by atoms with van der Waals surface area (Å²) in [5.41, 5.74) is 1.70. The molecule has 2 rings (SSSR count). The molecule has 0 saturated heterocycles. The van der Waals surface area contributed by atoms with E-state index in [9.17, 15) is 9.59 Å². The number of pyridine rings is 1. The molecule has 0 radical (unpaired) electrons. The summed E-state index contributed by atoms with van der Waals surface area (Å²) >= 11 is 3.30. The van der Waals surface area contributed by atoms with Crippen LogP contribution in [-0.4, -0.2) is 28.7 Å². The fourth-order valence-corrected chi connectivity index (χ4v) is 2.56. The molecule has 0 bridgehead atoms. The van der Waals surface area contributed by atoms with Crippen molar-refractivity contribution in [2.45, 2.75) is 13.5 Å². The number of halogens is 1. The number of aryl methyl sites for hydroxylation is 1. The number of carbonyl (C=O) groups is 2. The number of anilines is 1. The summed E-state index contributed by atoms with van der Waals surface area (Å²) in [7, 11) is 0. The lowest BCUT2D eigenvalue weighted by Crippen LogP contribution is -2.37. The molecule has 23 heavy (non-hydrogen) atoms. The normalized spacial score (nSPS) is 10.2. The number of carboxylic acids is 1. The molecule has 1 aromatic carbocycles. The number of amides is 1. The second-order valence-electron chi connectivity index (χ2n) is 4.84. The summed E-state index contributed by atoms with van der Waals surface area (Å²) in [6, 6.07) is 10.9. The molecule has 1 aromatic heterocycles. The Balaban J connectivity index is 2.17. The smallest absolute Gasteiger partial charge is 0.416 e. The predicted octanol–water partition coefficient (Wildman–Crippen LogP) is 3.38. The Morgan fingerprint density at radius 2 is 2.00 bits per heavy atom. The highest BCUT2D eigenvalue weighted by Gasteiger charge is 2.23. The first-order chi connectivity index (χ1) is 11.0. The van der Waals surface area contributed by atoms with Gasteiger partial charge < -0.3 is 9.84 Å². The third-order valence-electron chi connectivity index (χ3n) is 2.93. The Kier molecular flexibility index (Phi) is 5.70. The average molecular weight is 379 g/mol. The minimum atomic E-state index is -1.16. The summed E-state index contributed by atoms with van der Waals surface area (Å²) in [5.74, 6) is -0.952. The first-order valence-electron chi connectivity index (χ1n) is 6.79. The summed E-state index contributed by atoms with van der Waals surface area (Å²) in [4.78, 5) is 28.4. The van der Waals surface area contributed by atoms with E-state index in [-0.39, 0.29) is 12.4 Å². The van der Waals surface area contributed by atoms with Crippen molar-refractivity contribution in [2.24, 2.45) is 0 Å². The van der Waals surface area contributed by atoms with E-state index >= 15 is 0 Å². The van der Waals surface area contributed by atoms with Gasteiger partial charge in [-0.1, -0.05) is 30.3 Å². The zero-order valence-electron chi connectivity index (χ0n) is 12.4. The lowest BCUT2D eigenvalue weighted by Gasteiger charge is -2.20. The number of hydrogen-bond donors (Lipinski definition) is 1. The van der Waals surface area contributed by atoms with Crippen LogP contribution in [0.25, 0.3) is 0 Å². The highest BCUT2D eigenvalue weighted by Crippen LogP contribution is 2.25. The number of carboxylic acid groups (broad SMARTS) is 1. The van der Waals surface area contributed by atoms with Gasteiger partial charge in [0.15, 0.2) is 5.82 Å². The van der Waals surface area contributed by atoms with E-state index in [1.54, 1.807) is 12.3 Å². The first-order valence-corrected chi connectivity index (χ1v) is 7.59. The van der Waals surface area contributed by atoms with Crippen molar-refractivity contribution < 1.29 is 19.4 Å². The van der Waals surface area contributed by atoms with Gasteiger partial charge in [-0.15, -0.1) is 0 Å². The van der Waals surface area contributed by atoms with Crippen LogP contribution in [0.3, 0.4) is 0 Å². The summed E-state index contributed by atoms with van der Waals surface area (Å²) in [5, 5.41) is 9.03. The summed E-state index contributed by atoms with van der Waals surface area (Å²) < 4.78 is 5.72. The minimum absolute atomic E-state index is 0.0548. The second kappa shape index (κ2) is 7.73. The predicted molar refractivity (Wildman–Crippen MR) is 88.3 cm³/mol. The van der Waals surface area contributed by atoms with E-state index in [4.69, 9.17) is 9.84 Å². The van der Waals surface area contributed by atoms with Gasteiger partial charge in [0.1, 0.15) is 13.2 Å². The van der Waals surface area contributed by atoms with E-state index in [1.165, 1.54) is 0 Å². The molecule has 1 heterocycles. The number of hydrogen-bond acceptors (Lipinski definition) is 4. The van der Waals surface area contributed by atoms with Crippen LogP contribution >= 0.6 is 15.9 Å². The van der Waals surface area contributed by atoms with Gasteiger partial charge in [0.05, 0.1) is 4.47 Å². The third-order valence-corrected chi connectivity index (χ3v) is 3.52. The van der Waals surface area contributed by atoms with Crippen LogP contribution in [0, 0.1) is 6.92 Å². The lowest BCUT2D eigenvalue weighted by molar-refractivity contribution is -0.135. The van der Waals surface area contributed by atoms with E-state index < -0.39 is 18.6 Å². The van der Waals surface area contributed by atoms with Crippen LogP contribution in [0.4, 0.5) is 10.6 Å². The number of rotatable bonds is 5. The van der Waals surface area contributed by atoms with Crippen molar-refractivity contribution in [2.75, 3.05) is 11.4 Å². The average Bonchev–Trinajstić information content (AvgIpc) is 2.51. The van der Waals surface area contributed by atoms with E-state index in [2.05, 4.69) is 20.9 Å². The Labute approximate surface area is 141 Å². The Bertz CT molecular complexity index is 706. The number of aliphatic carboxylic acids is 1. The molecule has 0 saturated carbocycles. The van der Waals surface area contributed by atoms with Gasteiger partial charge in [0, 0.05) is 6.20 Å². The number of carbonyl (C=O) groups excluding carboxylic acids is 1. The van der Waals surface area contributed by atoms with Crippen molar-refractivity contribution in [3.05, 3.63) is 58.2 Å². The molecule has 0 aliphatic carbocycles. The zero-order chi connectivity index (χ0) is 16.8. The maximum Gasteiger partial charge on any atom is 0.416 e. The van der Waals surface area contributed by atoms with E-state index in [0.717, 1.165) is 16.0 Å². The highest BCUT2D eigenvalue weighted by atomic mass is 79.9. The lowest BCUT2D eigenvalue weighted by atomic mass is 10.2. The van der Waals surface area contributed by atoms with Crippen LogP contribution in [0.15, 0.2) is 47.1 Å². The standard InChI is InChI=1S/C16H15BrN2O4/c1-11-7-13(17)15(18-8-11)19(9-14(20)21)16(22)23-10-12-5-3-2-4-6-12/h2-8H,9-10H2,1H3,(H,20,21). The van der Waals surface area contributed by atoms with Crippen LogP contribution in [0.2, 0.25) is 0 Å². The number of benzene rings is 1. The number of aromatic nitrogens is 1. The Morgan fingerprint density at radius 3 is 2.61 bits per heavy atom. The van der Waals surface area contributed by atoms with Crippen LogP contribution in [0.5, 0.6) is 0 Å². The molecular weight excluding hydrogens is 364 g/mol. The quantitative estimate of drug-likeness (QED) is 0.862. The summed E-state index contributed by atoms with van der Waals surface area (Å²) in [6.07, 6.45) is 0.785. The Hall–Kier alpha value is -2.41. The molecule has 120 valence electrons. The largest absolute Gasteiger partial charge is 0.480 e. The fourth-order valence-electron chi connectivity index (χ4n) is 1.88. The van der Waals surface area contributed by atoms with Crippen LogP contribution in [0.1, 0.15) is 11.1 Å². The Morgan fingerprint density at radius 1 is 1.30 bits per heavy atom. The van der Waals surface area contributed by atoms with Gasteiger partial charge in [-0.05, 0) is 40.0 Å². The molecule has 0 aliphatic heterocycles. The summed E-state index contributed by atoms with van der Waals surface area (Å²) in [6.45, 7) is 1.36. The van der Waals surface area contributed by atoms with Gasteiger partial charge in [0.25, 0.3) is 0 Å². The van der Waals surface area contributed by atoms with Gasteiger partial charge in [-0.2, -0.15) is 0 Å². The minimum Gasteiger partial charge on any atom is -0.480 e. The third kappa shape index (κ3) is 4.79. The van der Waals surface area contributed by atoms with Crippen molar-refractivity contribution >= 4 is 33.8 Å². The van der Waals surface area contributed by atoms with Gasteiger partial charge in [-0.25, -0.2) is 14.7 Å². The number of nitrogens with zero attached hydrogens (tertiary/aromatic N) is 2. The van der Waals surface area contributed by atoms with E-state index in [1.807, 2.05) is 37.3 Å².